The third-order valence-electron chi connectivity index (χ3n) is 2.32. The first-order valence-corrected chi connectivity index (χ1v) is 6.51. The summed E-state index contributed by atoms with van der Waals surface area (Å²) >= 11 is 0. The van der Waals surface area contributed by atoms with Crippen LogP contribution in [0.3, 0.4) is 0 Å². The Morgan fingerprint density at radius 1 is 1.28 bits per heavy atom. The van der Waals surface area contributed by atoms with E-state index in [2.05, 4.69) is 20.1 Å². The summed E-state index contributed by atoms with van der Waals surface area (Å²) in [6.45, 7) is 17.4. The van der Waals surface area contributed by atoms with Gasteiger partial charge in [0.25, 0.3) is 0 Å². The van der Waals surface area contributed by atoms with Crippen LogP contribution >= 0.6 is 0 Å². The summed E-state index contributed by atoms with van der Waals surface area (Å²) in [7, 11) is 0. The molecule has 0 bridgehead atoms. The Morgan fingerprint density at radius 3 is 2.00 bits per heavy atom. The van der Waals surface area contributed by atoms with E-state index in [0.29, 0.717) is 11.7 Å². The smallest absolute Gasteiger partial charge is 0.115 e. The van der Waals surface area contributed by atoms with Gasteiger partial charge in [-0.3, -0.25) is 0 Å². The van der Waals surface area contributed by atoms with E-state index in [4.69, 9.17) is 5.11 Å². The number of rotatable bonds is 3. The number of allylic oxidation sites excluding steroid dienone is 2. The van der Waals surface area contributed by atoms with Crippen LogP contribution in [0.5, 0.6) is 5.75 Å². The first-order chi connectivity index (χ1) is 8.51. The number of aromatic hydroxyl groups is 1. The van der Waals surface area contributed by atoms with Crippen molar-refractivity contribution >= 4 is 0 Å². The predicted molar refractivity (Wildman–Crippen MR) is 83.0 cm³/mol. The fourth-order valence-electron chi connectivity index (χ4n) is 1.16. The van der Waals surface area contributed by atoms with Crippen molar-refractivity contribution in [3.05, 3.63) is 54.6 Å². The molecule has 1 atom stereocenters. The van der Waals surface area contributed by atoms with Crippen LogP contribution in [0.15, 0.2) is 49.1 Å². The van der Waals surface area contributed by atoms with Crippen molar-refractivity contribution in [2.75, 3.05) is 0 Å². The van der Waals surface area contributed by atoms with E-state index in [-0.39, 0.29) is 0 Å². The second-order valence-corrected chi connectivity index (χ2v) is 4.03. The van der Waals surface area contributed by atoms with E-state index in [0.717, 1.165) is 6.42 Å². The highest BCUT2D eigenvalue weighted by Gasteiger charge is 2.03. The predicted octanol–water partition coefficient (Wildman–Crippen LogP) is 5.37. The number of hydrogen-bond acceptors (Lipinski definition) is 1. The van der Waals surface area contributed by atoms with Gasteiger partial charge in [-0.2, -0.15) is 0 Å². The first-order valence-electron chi connectivity index (χ1n) is 6.51. The third kappa shape index (κ3) is 9.71. The van der Waals surface area contributed by atoms with E-state index in [1.54, 1.807) is 18.2 Å². The molecule has 1 unspecified atom stereocenters. The molecule has 0 fully saturated rings. The van der Waals surface area contributed by atoms with Crippen LogP contribution in [0, 0.1) is 5.92 Å². The third-order valence-corrected chi connectivity index (χ3v) is 2.32. The van der Waals surface area contributed by atoms with Crippen LogP contribution in [-0.4, -0.2) is 5.11 Å². The van der Waals surface area contributed by atoms with Gasteiger partial charge in [-0.1, -0.05) is 51.1 Å². The number of benzene rings is 1. The van der Waals surface area contributed by atoms with Crippen molar-refractivity contribution in [1.29, 1.82) is 0 Å². The van der Waals surface area contributed by atoms with E-state index in [9.17, 15) is 0 Å². The average molecular weight is 248 g/mol. The van der Waals surface area contributed by atoms with Crippen LogP contribution in [0.1, 0.15) is 40.2 Å². The van der Waals surface area contributed by atoms with Crippen LogP contribution in [0.2, 0.25) is 0 Å². The summed E-state index contributed by atoms with van der Waals surface area (Å²) in [5.41, 5.74) is 2.45. The summed E-state index contributed by atoms with van der Waals surface area (Å²) in [6.07, 6.45) is 2.75. The molecule has 1 aromatic rings. The molecule has 0 aliphatic heterocycles. The maximum Gasteiger partial charge on any atom is 0.115 e. The van der Waals surface area contributed by atoms with Crippen molar-refractivity contribution in [1.82, 2.24) is 0 Å². The quantitative estimate of drug-likeness (QED) is 0.713. The molecule has 1 N–H and O–H groups in total. The van der Waals surface area contributed by atoms with Gasteiger partial charge in [0, 0.05) is 0 Å². The molecule has 0 saturated heterocycles. The number of phenolic OH excluding ortho intramolecular Hbond substituents is 1. The van der Waals surface area contributed by atoms with Gasteiger partial charge >= 0.3 is 0 Å². The van der Waals surface area contributed by atoms with E-state index in [1.807, 2.05) is 39.8 Å². The van der Waals surface area contributed by atoms with Gasteiger partial charge < -0.3 is 5.11 Å². The molecule has 1 heteroatoms. The van der Waals surface area contributed by atoms with Crippen LogP contribution < -0.4 is 0 Å². The van der Waals surface area contributed by atoms with Crippen molar-refractivity contribution in [2.24, 2.45) is 5.92 Å². The van der Waals surface area contributed by atoms with E-state index in [1.165, 1.54) is 11.1 Å². The molecule has 0 saturated carbocycles. The van der Waals surface area contributed by atoms with E-state index >= 15 is 0 Å². The van der Waals surface area contributed by atoms with Crippen LogP contribution in [-0.2, 0) is 6.42 Å². The lowest BCUT2D eigenvalue weighted by atomic mass is 9.96. The van der Waals surface area contributed by atoms with Gasteiger partial charge in [0.05, 0.1) is 0 Å². The monoisotopic (exact) mass is 248 g/mol. The molecule has 1 rings (SSSR count). The molecule has 0 radical (unpaired) electrons. The fraction of sp³-hybridized carbons (Fsp3) is 0.412. The molecule has 102 valence electrons. The van der Waals surface area contributed by atoms with Crippen LogP contribution in [0.25, 0.3) is 0 Å². The van der Waals surface area contributed by atoms with Gasteiger partial charge in [-0.15, -0.1) is 6.58 Å². The highest BCUT2D eigenvalue weighted by atomic mass is 16.3. The second kappa shape index (κ2) is 12.0. The lowest BCUT2D eigenvalue weighted by Gasteiger charge is -2.10. The minimum atomic E-state index is 0.326. The van der Waals surface area contributed by atoms with Crippen molar-refractivity contribution in [3.63, 3.8) is 0 Å². The Bertz CT molecular complexity index is 322. The summed E-state index contributed by atoms with van der Waals surface area (Å²) in [6, 6.07) is 7.35. The Kier molecular flexibility index (Phi) is 12.5. The normalized spacial score (nSPS) is 10.1. The highest BCUT2D eigenvalue weighted by molar-refractivity contribution is 5.26. The molecular formula is C17H28O. The Morgan fingerprint density at radius 2 is 1.67 bits per heavy atom. The molecule has 0 aliphatic rings. The lowest BCUT2D eigenvalue weighted by molar-refractivity contribution is 0.475. The molecule has 18 heavy (non-hydrogen) atoms. The van der Waals surface area contributed by atoms with Crippen molar-refractivity contribution in [2.45, 2.75) is 41.0 Å². The molecule has 0 spiro atoms. The average Bonchev–Trinajstić information content (AvgIpc) is 2.35. The minimum absolute atomic E-state index is 0.326. The summed E-state index contributed by atoms with van der Waals surface area (Å²) < 4.78 is 0. The Labute approximate surface area is 113 Å². The molecule has 0 amide bonds. The Balaban J connectivity index is 0. The van der Waals surface area contributed by atoms with Gasteiger partial charge in [0.15, 0.2) is 0 Å². The van der Waals surface area contributed by atoms with Gasteiger partial charge in [-0.25, -0.2) is 0 Å². The maximum atomic E-state index is 9.08. The lowest BCUT2D eigenvalue weighted by Crippen LogP contribution is -1.99. The molecule has 1 nitrogen and oxygen atoms in total. The molecule has 1 aromatic carbocycles. The van der Waals surface area contributed by atoms with E-state index < -0.39 is 0 Å². The molecular weight excluding hydrogens is 220 g/mol. The summed E-state index contributed by atoms with van der Waals surface area (Å²) in [4.78, 5) is 0. The zero-order valence-corrected chi connectivity index (χ0v) is 12.5. The van der Waals surface area contributed by atoms with Gasteiger partial charge in [0.2, 0.25) is 0 Å². The zero-order valence-electron chi connectivity index (χ0n) is 12.5. The van der Waals surface area contributed by atoms with Crippen molar-refractivity contribution < 1.29 is 5.11 Å². The molecule has 0 aliphatic carbocycles. The standard InChI is InChI=1S/C12H16O.C3H6.C2H6/c1-9(2)10(3)8-11-4-6-12(13)7-5-11;1-3-2;1-2/h4-7,10,13H,1,8H2,2-3H3;3H,1H2,2H3;1-2H3. The highest BCUT2D eigenvalue weighted by Crippen LogP contribution is 2.16. The zero-order chi connectivity index (χ0) is 14.6. The summed E-state index contributed by atoms with van der Waals surface area (Å²) in [5.74, 6) is 0.830. The van der Waals surface area contributed by atoms with Gasteiger partial charge in [-0.05, 0) is 43.9 Å². The largest absolute Gasteiger partial charge is 0.508 e. The maximum absolute atomic E-state index is 9.08. The molecule has 0 heterocycles. The number of hydrogen-bond donors (Lipinski definition) is 1. The molecule has 0 aromatic heterocycles. The van der Waals surface area contributed by atoms with Crippen LogP contribution in [0.4, 0.5) is 0 Å². The number of phenols is 1. The SMILES string of the molecule is C=C(C)C(C)Cc1ccc(O)cc1.C=CC.CC. The van der Waals surface area contributed by atoms with Gasteiger partial charge in [0.1, 0.15) is 5.75 Å². The first kappa shape index (κ1) is 18.9. The summed E-state index contributed by atoms with van der Waals surface area (Å²) in [5, 5.41) is 9.08. The van der Waals surface area contributed by atoms with Crippen molar-refractivity contribution in [3.8, 4) is 5.75 Å². The minimum Gasteiger partial charge on any atom is -0.508 e. The Hall–Kier alpha value is -1.50. The topological polar surface area (TPSA) is 20.2 Å². The second-order valence-electron chi connectivity index (χ2n) is 4.03. The fourth-order valence-corrected chi connectivity index (χ4v) is 1.16.